The monoisotopic (exact) mass is 587 g/mol. The lowest BCUT2D eigenvalue weighted by molar-refractivity contribution is -0.156. The predicted octanol–water partition coefficient (Wildman–Crippen LogP) is 4.87. The van der Waals surface area contributed by atoms with E-state index in [0.29, 0.717) is 19.4 Å². The number of aliphatic hydroxyl groups is 2. The van der Waals surface area contributed by atoms with Gasteiger partial charge < -0.3 is 29.2 Å². The number of rotatable bonds is 1. The minimum absolute atomic E-state index is 0.225. The van der Waals surface area contributed by atoms with Crippen LogP contribution in [0.4, 0.5) is 4.79 Å². The largest absolute Gasteiger partial charge is 0.457 e. The number of aryl methyl sites for hydroxylation is 2. The van der Waals surface area contributed by atoms with Crippen LogP contribution in [0.1, 0.15) is 91.6 Å². The van der Waals surface area contributed by atoms with Crippen LogP contribution in [0.3, 0.4) is 0 Å². The molecule has 1 aromatic heterocycles. The summed E-state index contributed by atoms with van der Waals surface area (Å²) in [7, 11) is 1.93. The van der Waals surface area contributed by atoms with E-state index in [2.05, 4.69) is 4.98 Å². The molecule has 0 bridgehead atoms. The van der Waals surface area contributed by atoms with Crippen molar-refractivity contribution in [2.75, 3.05) is 13.1 Å². The molecule has 2 heterocycles. The first-order valence-corrected chi connectivity index (χ1v) is 14.9. The smallest absolute Gasteiger partial charge is 0.410 e. The molecule has 42 heavy (non-hydrogen) atoms. The zero-order chi connectivity index (χ0) is 31.6. The van der Waals surface area contributed by atoms with Gasteiger partial charge in [-0.05, 0) is 64.2 Å². The fraction of sp³-hybridized carbons (Fsp3) is 0.688. The molecule has 1 aromatic carbocycles. The van der Waals surface area contributed by atoms with Gasteiger partial charge in [-0.1, -0.05) is 33.8 Å². The third kappa shape index (κ3) is 7.89. The highest BCUT2D eigenvalue weighted by Crippen LogP contribution is 2.33. The molecule has 3 rings (SSSR count). The number of esters is 1. The van der Waals surface area contributed by atoms with E-state index in [1.807, 2.05) is 43.7 Å². The molecule has 1 amide bonds. The zero-order valence-electron chi connectivity index (χ0n) is 26.6. The molecule has 2 N–H and O–H groups in total. The number of Topliss-reactive ketones (excluding diaryl/α,β-unsaturated/α-hetero) is 1. The van der Waals surface area contributed by atoms with Crippen LogP contribution in [0.25, 0.3) is 11.0 Å². The molecule has 1 saturated heterocycles. The van der Waals surface area contributed by atoms with Gasteiger partial charge in [-0.2, -0.15) is 0 Å². The summed E-state index contributed by atoms with van der Waals surface area (Å²) < 4.78 is 13.6. The maximum absolute atomic E-state index is 13.4. The summed E-state index contributed by atoms with van der Waals surface area (Å²) in [6, 6.07) is 5.69. The number of carbonyl (C=O) groups is 3. The molecule has 0 unspecified atom stereocenters. The number of aromatic nitrogens is 2. The maximum Gasteiger partial charge on any atom is 0.410 e. The number of amides is 1. The van der Waals surface area contributed by atoms with Gasteiger partial charge in [0.15, 0.2) is 0 Å². The Bertz CT molecular complexity index is 1280. The molecule has 2 aromatic rings. The Labute approximate surface area is 249 Å². The summed E-state index contributed by atoms with van der Waals surface area (Å²) in [6.45, 7) is 14.7. The number of hydrogen-bond acceptors (Lipinski definition) is 8. The number of aliphatic hydroxyl groups excluding tert-OH is 2. The highest BCUT2D eigenvalue weighted by molar-refractivity contribution is 5.88. The summed E-state index contributed by atoms with van der Waals surface area (Å²) >= 11 is 0. The Morgan fingerprint density at radius 1 is 1.12 bits per heavy atom. The summed E-state index contributed by atoms with van der Waals surface area (Å²) in [5, 5.41) is 22.0. The van der Waals surface area contributed by atoms with E-state index in [1.54, 1.807) is 46.4 Å². The lowest BCUT2D eigenvalue weighted by Crippen LogP contribution is -2.46. The van der Waals surface area contributed by atoms with Crippen molar-refractivity contribution in [3.8, 4) is 0 Å². The van der Waals surface area contributed by atoms with Gasteiger partial charge in [0.2, 0.25) is 0 Å². The standard InChI is InChI=1S/C32H49N3O7/c1-19-11-10-15-35(30(40)42-31(4,5)6)16-14-25(22-12-13-24-23(17-22)33-21(3)34(24)9)41-27(37)18-26(36)32(7,8)29(39)20(2)28(19)38/h12-13,17,19-20,25-26,28,36,38H,10-11,14-16,18H2,1-9H3/t19-,20+,25-,26-,28-/m0/s1. The Kier molecular flexibility index (Phi) is 10.5. The number of imidazole rings is 1. The van der Waals surface area contributed by atoms with Gasteiger partial charge in [-0.3, -0.25) is 9.59 Å². The van der Waals surface area contributed by atoms with Gasteiger partial charge >= 0.3 is 12.1 Å². The van der Waals surface area contributed by atoms with E-state index in [1.165, 1.54) is 0 Å². The third-order valence-corrected chi connectivity index (χ3v) is 8.51. The first-order chi connectivity index (χ1) is 19.4. The first-order valence-electron chi connectivity index (χ1n) is 14.9. The second kappa shape index (κ2) is 13.1. The maximum atomic E-state index is 13.4. The number of hydrogen-bond donors (Lipinski definition) is 2. The number of carbonyl (C=O) groups excluding carboxylic acids is 3. The molecular formula is C32H49N3O7. The minimum Gasteiger partial charge on any atom is -0.457 e. The van der Waals surface area contributed by atoms with Crippen molar-refractivity contribution >= 4 is 28.9 Å². The van der Waals surface area contributed by atoms with Gasteiger partial charge in [0.25, 0.3) is 0 Å². The Morgan fingerprint density at radius 2 is 1.79 bits per heavy atom. The first kappa shape index (κ1) is 33.5. The molecule has 1 aliphatic rings. The average Bonchev–Trinajstić information content (AvgIpc) is 3.18. The van der Waals surface area contributed by atoms with Gasteiger partial charge in [0, 0.05) is 32.5 Å². The molecule has 0 radical (unpaired) electrons. The Morgan fingerprint density at radius 3 is 2.43 bits per heavy atom. The lowest BCUT2D eigenvalue weighted by atomic mass is 9.73. The fourth-order valence-corrected chi connectivity index (χ4v) is 5.52. The SMILES string of the molecule is Cc1nc2cc([C@@H]3CCN(C(=O)OC(C)(C)C)CCC[C@H](C)[C@H](O)[C@@H](C)C(=O)C(C)(C)[C@@H](O)CC(=O)O3)ccc2n1C. The van der Waals surface area contributed by atoms with Crippen molar-refractivity contribution in [3.05, 3.63) is 29.6 Å². The van der Waals surface area contributed by atoms with Crippen LogP contribution in [-0.4, -0.2) is 73.4 Å². The van der Waals surface area contributed by atoms with Crippen LogP contribution in [0.2, 0.25) is 0 Å². The molecule has 0 aliphatic carbocycles. The molecular weight excluding hydrogens is 538 g/mol. The molecule has 0 spiro atoms. The number of benzene rings is 1. The van der Waals surface area contributed by atoms with Gasteiger partial charge in [0.05, 0.1) is 35.1 Å². The molecule has 234 valence electrons. The quantitative estimate of drug-likeness (QED) is 0.452. The molecule has 10 nitrogen and oxygen atoms in total. The van der Waals surface area contributed by atoms with E-state index in [4.69, 9.17) is 9.47 Å². The van der Waals surface area contributed by atoms with Crippen LogP contribution in [0.15, 0.2) is 18.2 Å². The summed E-state index contributed by atoms with van der Waals surface area (Å²) in [4.78, 5) is 46.0. The highest BCUT2D eigenvalue weighted by atomic mass is 16.6. The second-order valence-corrected chi connectivity index (χ2v) is 13.4. The van der Waals surface area contributed by atoms with Crippen LogP contribution in [-0.2, 0) is 26.1 Å². The van der Waals surface area contributed by atoms with Crippen molar-refractivity contribution in [2.45, 2.75) is 105 Å². The number of ether oxygens (including phenoxy) is 2. The van der Waals surface area contributed by atoms with E-state index < -0.39 is 53.7 Å². The van der Waals surface area contributed by atoms with Gasteiger partial charge in [-0.25, -0.2) is 9.78 Å². The molecule has 10 heteroatoms. The van der Waals surface area contributed by atoms with Crippen molar-refractivity contribution in [1.29, 1.82) is 0 Å². The fourth-order valence-electron chi connectivity index (χ4n) is 5.52. The van der Waals surface area contributed by atoms with E-state index in [-0.39, 0.29) is 24.7 Å². The summed E-state index contributed by atoms with van der Waals surface area (Å²) in [6.07, 6.45) is -2.40. The number of fused-ring (bicyclic) bond motifs is 1. The van der Waals surface area contributed by atoms with E-state index >= 15 is 0 Å². The van der Waals surface area contributed by atoms with Crippen molar-refractivity contribution in [2.24, 2.45) is 24.3 Å². The van der Waals surface area contributed by atoms with Crippen molar-refractivity contribution < 1.29 is 34.1 Å². The molecule has 0 saturated carbocycles. The average molecular weight is 588 g/mol. The van der Waals surface area contributed by atoms with Crippen molar-refractivity contribution in [3.63, 3.8) is 0 Å². The second-order valence-electron chi connectivity index (χ2n) is 13.4. The number of cyclic esters (lactones) is 1. The normalized spacial score (nSPS) is 27.1. The Hall–Kier alpha value is -2.98. The van der Waals surface area contributed by atoms with E-state index in [9.17, 15) is 24.6 Å². The van der Waals surface area contributed by atoms with Gasteiger partial charge in [0.1, 0.15) is 23.3 Å². The van der Waals surface area contributed by atoms with Crippen LogP contribution in [0.5, 0.6) is 0 Å². The van der Waals surface area contributed by atoms with Crippen molar-refractivity contribution in [1.82, 2.24) is 14.5 Å². The van der Waals surface area contributed by atoms with Crippen LogP contribution >= 0.6 is 0 Å². The predicted molar refractivity (Wildman–Crippen MR) is 160 cm³/mol. The lowest BCUT2D eigenvalue weighted by Gasteiger charge is -2.35. The summed E-state index contributed by atoms with van der Waals surface area (Å²) in [5.74, 6) is -1.12. The van der Waals surface area contributed by atoms with Crippen LogP contribution in [0, 0.1) is 24.2 Å². The van der Waals surface area contributed by atoms with E-state index in [0.717, 1.165) is 22.4 Å². The Balaban J connectivity index is 1.98. The summed E-state index contributed by atoms with van der Waals surface area (Å²) in [5.41, 5.74) is 0.445. The zero-order valence-corrected chi connectivity index (χ0v) is 26.6. The molecule has 1 fully saturated rings. The minimum atomic E-state index is -1.31. The molecule has 5 atom stereocenters. The topological polar surface area (TPSA) is 131 Å². The van der Waals surface area contributed by atoms with Crippen LogP contribution < -0.4 is 0 Å². The molecule has 1 aliphatic heterocycles. The number of ketones is 1. The van der Waals surface area contributed by atoms with Gasteiger partial charge in [-0.15, -0.1) is 0 Å². The highest BCUT2D eigenvalue weighted by Gasteiger charge is 2.42. The third-order valence-electron chi connectivity index (χ3n) is 8.51. The number of nitrogens with zero attached hydrogens (tertiary/aromatic N) is 3.